The second-order valence-corrected chi connectivity index (χ2v) is 7.96. The standard InChI is InChI=1S/C17H11Cl5N4S/c18-10-2-1-9(13(21)5-10)7-26-8-14(22)16(25-26)24-17(27)23-15-6-11(19)3-4-12(15)20/h1-6,8H,7H2,(H2,23,24,25,27). The average Bonchev–Trinajstić information content (AvgIpc) is 2.93. The van der Waals surface area contributed by atoms with E-state index in [1.807, 2.05) is 6.07 Å². The first-order valence-corrected chi connectivity index (χ1v) is 9.81. The maximum atomic E-state index is 6.25. The first kappa shape index (κ1) is 20.5. The smallest absolute Gasteiger partial charge is 0.176 e. The lowest BCUT2D eigenvalue weighted by atomic mass is 10.2. The van der Waals surface area contributed by atoms with Gasteiger partial charge in [-0.15, -0.1) is 0 Å². The highest BCUT2D eigenvalue weighted by Crippen LogP contribution is 2.27. The molecule has 0 unspecified atom stereocenters. The number of anilines is 2. The molecular formula is C17H11Cl5N4S. The van der Waals surface area contributed by atoms with E-state index in [0.717, 1.165) is 5.56 Å². The van der Waals surface area contributed by atoms with Gasteiger partial charge in [0.2, 0.25) is 0 Å². The number of hydrogen-bond donors (Lipinski definition) is 2. The van der Waals surface area contributed by atoms with Gasteiger partial charge in [-0.1, -0.05) is 64.1 Å². The fourth-order valence-electron chi connectivity index (χ4n) is 2.24. The Kier molecular flexibility index (Phi) is 6.74. The van der Waals surface area contributed by atoms with E-state index < -0.39 is 0 Å². The monoisotopic (exact) mass is 478 g/mol. The van der Waals surface area contributed by atoms with Crippen LogP contribution in [0.4, 0.5) is 11.5 Å². The third-order valence-corrected chi connectivity index (χ3v) is 5.11. The summed E-state index contributed by atoms with van der Waals surface area (Å²) >= 11 is 35.7. The number of rotatable bonds is 4. The van der Waals surface area contributed by atoms with Crippen molar-refractivity contribution < 1.29 is 0 Å². The van der Waals surface area contributed by atoms with Crippen LogP contribution in [0, 0.1) is 0 Å². The van der Waals surface area contributed by atoms with E-state index in [1.54, 1.807) is 41.2 Å². The van der Waals surface area contributed by atoms with Crippen LogP contribution < -0.4 is 10.6 Å². The van der Waals surface area contributed by atoms with Crippen LogP contribution in [0.25, 0.3) is 0 Å². The summed E-state index contributed by atoms with van der Waals surface area (Å²) in [5.74, 6) is 0.400. The normalized spacial score (nSPS) is 10.7. The summed E-state index contributed by atoms with van der Waals surface area (Å²) < 4.78 is 1.65. The zero-order chi connectivity index (χ0) is 19.6. The lowest BCUT2D eigenvalue weighted by molar-refractivity contribution is 0.690. The Morgan fingerprint density at radius 2 is 1.59 bits per heavy atom. The number of benzene rings is 2. The van der Waals surface area contributed by atoms with Crippen molar-refractivity contribution in [1.29, 1.82) is 0 Å². The molecule has 3 rings (SSSR count). The van der Waals surface area contributed by atoms with Crippen LogP contribution in [-0.2, 0) is 6.54 Å². The number of nitrogens with one attached hydrogen (secondary N) is 2. The van der Waals surface area contributed by atoms with Crippen LogP contribution in [0.1, 0.15) is 5.56 Å². The van der Waals surface area contributed by atoms with Gasteiger partial charge in [-0.3, -0.25) is 4.68 Å². The minimum Gasteiger partial charge on any atom is -0.331 e. The number of halogens is 5. The fraction of sp³-hybridized carbons (Fsp3) is 0.0588. The zero-order valence-corrected chi connectivity index (χ0v) is 18.0. The molecule has 10 heteroatoms. The molecule has 0 spiro atoms. The summed E-state index contributed by atoms with van der Waals surface area (Å²) in [5, 5.41) is 13.1. The zero-order valence-electron chi connectivity index (χ0n) is 13.4. The van der Waals surface area contributed by atoms with Crippen molar-refractivity contribution in [1.82, 2.24) is 9.78 Å². The van der Waals surface area contributed by atoms with E-state index in [4.69, 9.17) is 70.2 Å². The molecule has 3 aromatic rings. The molecule has 27 heavy (non-hydrogen) atoms. The first-order chi connectivity index (χ1) is 12.8. The predicted octanol–water partition coefficient (Wildman–Crippen LogP) is 7.01. The highest BCUT2D eigenvalue weighted by Gasteiger charge is 2.11. The Hall–Kier alpha value is -1.21. The molecule has 2 aromatic carbocycles. The van der Waals surface area contributed by atoms with Crippen molar-refractivity contribution in [3.05, 3.63) is 73.3 Å². The van der Waals surface area contributed by atoms with Crippen LogP contribution >= 0.6 is 70.2 Å². The molecule has 0 amide bonds. The van der Waals surface area contributed by atoms with Gasteiger partial charge < -0.3 is 10.6 Å². The van der Waals surface area contributed by atoms with E-state index >= 15 is 0 Å². The predicted molar refractivity (Wildman–Crippen MR) is 119 cm³/mol. The molecule has 0 saturated carbocycles. The lowest BCUT2D eigenvalue weighted by Crippen LogP contribution is -2.20. The maximum Gasteiger partial charge on any atom is 0.176 e. The topological polar surface area (TPSA) is 41.9 Å². The number of aromatic nitrogens is 2. The van der Waals surface area contributed by atoms with Crippen LogP contribution in [0.5, 0.6) is 0 Å². The molecular weight excluding hydrogens is 470 g/mol. The maximum absolute atomic E-state index is 6.25. The van der Waals surface area contributed by atoms with Gasteiger partial charge in [0.1, 0.15) is 5.02 Å². The second kappa shape index (κ2) is 8.86. The van der Waals surface area contributed by atoms with Gasteiger partial charge >= 0.3 is 0 Å². The van der Waals surface area contributed by atoms with E-state index in [2.05, 4.69) is 15.7 Å². The fourth-order valence-corrected chi connectivity index (χ4v) is 3.45. The Bertz CT molecular complexity index is 1000. The average molecular weight is 481 g/mol. The van der Waals surface area contributed by atoms with E-state index in [1.165, 1.54) is 0 Å². The second-order valence-electron chi connectivity index (χ2n) is 5.46. The Morgan fingerprint density at radius 1 is 0.889 bits per heavy atom. The molecule has 0 saturated heterocycles. The minimum absolute atomic E-state index is 0.274. The Morgan fingerprint density at radius 3 is 2.33 bits per heavy atom. The van der Waals surface area contributed by atoms with Crippen LogP contribution in [0.15, 0.2) is 42.6 Å². The molecule has 1 aromatic heterocycles. The third kappa shape index (κ3) is 5.41. The van der Waals surface area contributed by atoms with Gasteiger partial charge in [0.05, 0.1) is 17.3 Å². The molecule has 0 aliphatic carbocycles. The van der Waals surface area contributed by atoms with E-state index in [9.17, 15) is 0 Å². The third-order valence-electron chi connectivity index (χ3n) is 3.47. The molecule has 0 atom stereocenters. The highest BCUT2D eigenvalue weighted by atomic mass is 35.5. The van der Waals surface area contributed by atoms with Gasteiger partial charge in [-0.2, -0.15) is 5.10 Å². The SMILES string of the molecule is S=C(Nc1cc(Cl)ccc1Cl)Nc1nn(Cc2ccc(Cl)cc2Cl)cc1Cl. The first-order valence-electron chi connectivity index (χ1n) is 7.52. The largest absolute Gasteiger partial charge is 0.331 e. The number of nitrogens with zero attached hydrogens (tertiary/aromatic N) is 2. The number of hydrogen-bond acceptors (Lipinski definition) is 2. The quantitative estimate of drug-likeness (QED) is 0.394. The number of thiocarbonyl (C=S) groups is 1. The summed E-state index contributed by atoms with van der Waals surface area (Å²) in [7, 11) is 0. The van der Waals surface area contributed by atoms with E-state index in [0.29, 0.717) is 43.2 Å². The highest BCUT2D eigenvalue weighted by molar-refractivity contribution is 7.80. The van der Waals surface area contributed by atoms with Gasteiger partial charge in [0.15, 0.2) is 10.9 Å². The lowest BCUT2D eigenvalue weighted by Gasteiger charge is -2.11. The van der Waals surface area contributed by atoms with Gasteiger partial charge in [-0.05, 0) is 48.1 Å². The van der Waals surface area contributed by atoms with Crippen LogP contribution in [-0.4, -0.2) is 14.9 Å². The molecule has 2 N–H and O–H groups in total. The van der Waals surface area contributed by atoms with Crippen molar-refractivity contribution in [3.63, 3.8) is 0 Å². The van der Waals surface area contributed by atoms with Gasteiger partial charge in [-0.25, -0.2) is 0 Å². The van der Waals surface area contributed by atoms with Crippen molar-refractivity contribution in [2.75, 3.05) is 10.6 Å². The van der Waals surface area contributed by atoms with Crippen molar-refractivity contribution in [3.8, 4) is 0 Å². The molecule has 0 aliphatic rings. The van der Waals surface area contributed by atoms with Crippen LogP contribution in [0.2, 0.25) is 25.1 Å². The molecule has 1 heterocycles. The molecule has 140 valence electrons. The minimum atomic E-state index is 0.274. The van der Waals surface area contributed by atoms with E-state index in [-0.39, 0.29) is 5.11 Å². The molecule has 0 aliphatic heterocycles. The summed E-state index contributed by atoms with van der Waals surface area (Å²) in [6.07, 6.45) is 1.67. The molecule has 0 bridgehead atoms. The van der Waals surface area contributed by atoms with Gasteiger partial charge in [0, 0.05) is 21.3 Å². The molecule has 0 radical (unpaired) electrons. The Balaban J connectivity index is 1.70. The van der Waals surface area contributed by atoms with Crippen molar-refractivity contribution >= 4 is 86.8 Å². The summed E-state index contributed by atoms with van der Waals surface area (Å²) in [5.41, 5.74) is 1.43. The Labute approximate surface area is 186 Å². The summed E-state index contributed by atoms with van der Waals surface area (Å²) in [4.78, 5) is 0. The van der Waals surface area contributed by atoms with Crippen molar-refractivity contribution in [2.24, 2.45) is 0 Å². The molecule has 0 fully saturated rings. The van der Waals surface area contributed by atoms with Crippen molar-refractivity contribution in [2.45, 2.75) is 6.54 Å². The molecule has 4 nitrogen and oxygen atoms in total. The van der Waals surface area contributed by atoms with Crippen LogP contribution in [0.3, 0.4) is 0 Å². The summed E-state index contributed by atoms with van der Waals surface area (Å²) in [6, 6.07) is 10.3. The summed E-state index contributed by atoms with van der Waals surface area (Å²) in [6.45, 7) is 0.428. The van der Waals surface area contributed by atoms with Gasteiger partial charge in [0.25, 0.3) is 0 Å².